The van der Waals surface area contributed by atoms with Gasteiger partial charge in [-0.25, -0.2) is 0 Å². The largest absolute Gasteiger partial charge is 0.487 e. The van der Waals surface area contributed by atoms with Gasteiger partial charge in [-0.3, -0.25) is 10.1 Å². The fourth-order valence-corrected chi connectivity index (χ4v) is 1.88. The third-order valence-corrected chi connectivity index (χ3v) is 3.04. The number of hydrogen-bond donors (Lipinski definition) is 0. The Morgan fingerprint density at radius 2 is 1.86 bits per heavy atom. The lowest BCUT2D eigenvalue weighted by molar-refractivity contribution is -0.386. The van der Waals surface area contributed by atoms with E-state index in [4.69, 9.17) is 16.3 Å². The van der Waals surface area contributed by atoms with Gasteiger partial charge in [0.2, 0.25) is 0 Å². The summed E-state index contributed by atoms with van der Waals surface area (Å²) in [5.74, 6) is 0.427. The van der Waals surface area contributed by atoms with Crippen molar-refractivity contribution in [1.29, 1.82) is 0 Å². The van der Waals surface area contributed by atoms with Gasteiger partial charge in [0.1, 0.15) is 0 Å². The summed E-state index contributed by atoms with van der Waals surface area (Å²) in [7, 11) is 0. The van der Waals surface area contributed by atoms with Crippen molar-refractivity contribution in [2.24, 2.45) is 0 Å². The van der Waals surface area contributed by atoms with Gasteiger partial charge in [0.15, 0.2) is 5.75 Å². The van der Waals surface area contributed by atoms with E-state index in [1.807, 2.05) is 0 Å². The Hall–Kier alpha value is -1.50. The fourth-order valence-electron chi connectivity index (χ4n) is 1.69. The number of benzene rings is 1. The second-order valence-electron chi connectivity index (χ2n) is 4.39. The molecule has 0 spiro atoms. The van der Waals surface area contributed by atoms with Crippen LogP contribution in [0, 0.1) is 10.1 Å². The average Bonchev–Trinajstić information content (AvgIpc) is 2.41. The van der Waals surface area contributed by atoms with Crippen molar-refractivity contribution < 1.29 is 22.8 Å². The topological polar surface area (TPSA) is 52.4 Å². The van der Waals surface area contributed by atoms with Crippen LogP contribution in [-0.4, -0.2) is 17.4 Å². The summed E-state index contributed by atoms with van der Waals surface area (Å²) in [5.41, 5.74) is -1.74. The molecule has 0 aliphatic carbocycles. The molecule has 0 saturated carbocycles. The summed E-state index contributed by atoms with van der Waals surface area (Å²) >= 11 is 5.52. The molecule has 1 aromatic carbocycles. The van der Waals surface area contributed by atoms with Crippen LogP contribution in [0.3, 0.4) is 0 Å². The third-order valence-electron chi connectivity index (χ3n) is 2.77. The second-order valence-corrected chi connectivity index (χ2v) is 4.77. The fraction of sp³-hybridized carbons (Fsp3) is 0.538. The first-order valence-electron chi connectivity index (χ1n) is 6.40. The molecule has 0 saturated heterocycles. The molecule has 0 aromatic heterocycles. The summed E-state index contributed by atoms with van der Waals surface area (Å²) in [6.45, 7) is 0.217. The van der Waals surface area contributed by atoms with Gasteiger partial charge < -0.3 is 4.74 Å². The molecule has 0 bridgehead atoms. The highest BCUT2D eigenvalue weighted by molar-refractivity contribution is 6.17. The molecule has 0 unspecified atom stereocenters. The first kappa shape index (κ1) is 17.6. The lowest BCUT2D eigenvalue weighted by atomic mass is 10.2. The minimum Gasteiger partial charge on any atom is -0.487 e. The monoisotopic (exact) mass is 325 g/mol. The highest BCUT2D eigenvalue weighted by Crippen LogP contribution is 2.36. The summed E-state index contributed by atoms with van der Waals surface area (Å²) < 4.78 is 42.7. The number of unbranched alkanes of at least 4 members (excludes halogenated alkanes) is 3. The molecule has 0 fully saturated rings. The third kappa shape index (κ3) is 5.79. The molecule has 1 rings (SSSR count). The second kappa shape index (κ2) is 8.07. The summed E-state index contributed by atoms with van der Waals surface area (Å²) in [6.07, 6.45) is -1.31. The zero-order valence-electron chi connectivity index (χ0n) is 11.2. The molecule has 0 radical (unpaired) electrons. The van der Waals surface area contributed by atoms with Crippen LogP contribution in [0.4, 0.5) is 18.9 Å². The lowest BCUT2D eigenvalue weighted by Crippen LogP contribution is -2.07. The zero-order chi connectivity index (χ0) is 15.9. The Morgan fingerprint density at radius 1 is 1.19 bits per heavy atom. The zero-order valence-corrected chi connectivity index (χ0v) is 11.9. The van der Waals surface area contributed by atoms with Crippen molar-refractivity contribution in [2.45, 2.75) is 31.9 Å². The molecule has 0 aliphatic heterocycles. The van der Waals surface area contributed by atoms with Gasteiger partial charge in [-0.15, -0.1) is 11.6 Å². The Balaban J connectivity index is 2.67. The lowest BCUT2D eigenvalue weighted by Gasteiger charge is -2.10. The molecule has 0 heterocycles. The van der Waals surface area contributed by atoms with Crippen molar-refractivity contribution in [1.82, 2.24) is 0 Å². The number of rotatable bonds is 8. The summed E-state index contributed by atoms with van der Waals surface area (Å²) in [5, 5.41) is 10.8. The smallest absolute Gasteiger partial charge is 0.416 e. The van der Waals surface area contributed by atoms with Crippen molar-refractivity contribution in [2.75, 3.05) is 12.5 Å². The van der Waals surface area contributed by atoms with Gasteiger partial charge in [0, 0.05) is 11.9 Å². The minimum atomic E-state index is -4.62. The minimum absolute atomic E-state index is 0.148. The maximum absolute atomic E-state index is 12.5. The van der Waals surface area contributed by atoms with Crippen molar-refractivity contribution in [3.05, 3.63) is 33.9 Å². The number of nitro benzene ring substituents is 1. The standard InChI is InChI=1S/C13H15ClF3NO3/c14-7-3-1-2-4-8-21-12-6-5-10(13(15,16)17)9-11(12)18(19)20/h5-6,9H,1-4,7-8H2. The molecule has 4 nitrogen and oxygen atoms in total. The molecular formula is C13H15ClF3NO3. The van der Waals surface area contributed by atoms with Gasteiger partial charge in [-0.1, -0.05) is 12.8 Å². The molecule has 118 valence electrons. The van der Waals surface area contributed by atoms with Crippen LogP contribution in [0.5, 0.6) is 5.75 Å². The first-order chi connectivity index (χ1) is 9.86. The highest BCUT2D eigenvalue weighted by atomic mass is 35.5. The summed E-state index contributed by atoms with van der Waals surface area (Å²) in [6, 6.07) is 2.25. The van der Waals surface area contributed by atoms with Crippen molar-refractivity contribution >= 4 is 17.3 Å². The van der Waals surface area contributed by atoms with Crippen LogP contribution in [0.1, 0.15) is 31.2 Å². The van der Waals surface area contributed by atoms with E-state index in [0.29, 0.717) is 18.4 Å². The first-order valence-corrected chi connectivity index (χ1v) is 6.94. The molecule has 0 aliphatic rings. The summed E-state index contributed by atoms with van der Waals surface area (Å²) in [4.78, 5) is 9.94. The van der Waals surface area contributed by atoms with Crippen molar-refractivity contribution in [3.8, 4) is 5.75 Å². The number of hydrogen-bond acceptors (Lipinski definition) is 3. The van der Waals surface area contributed by atoms with E-state index in [2.05, 4.69) is 0 Å². The maximum atomic E-state index is 12.5. The van der Waals surface area contributed by atoms with Gasteiger partial charge in [-0.05, 0) is 25.0 Å². The van der Waals surface area contributed by atoms with Crippen molar-refractivity contribution in [3.63, 3.8) is 0 Å². The molecule has 0 atom stereocenters. The van der Waals surface area contributed by atoms with Gasteiger partial charge in [0.25, 0.3) is 0 Å². The van der Waals surface area contributed by atoms with Crippen LogP contribution in [-0.2, 0) is 6.18 Å². The quantitative estimate of drug-likeness (QED) is 0.299. The highest BCUT2D eigenvalue weighted by Gasteiger charge is 2.33. The normalized spacial score (nSPS) is 11.4. The van der Waals surface area contributed by atoms with Gasteiger partial charge >= 0.3 is 11.9 Å². The molecular weight excluding hydrogens is 311 g/mol. The predicted molar refractivity (Wildman–Crippen MR) is 72.8 cm³/mol. The van der Waals surface area contributed by atoms with E-state index in [0.717, 1.165) is 31.4 Å². The van der Waals surface area contributed by atoms with E-state index < -0.39 is 22.4 Å². The number of nitrogens with zero attached hydrogens (tertiary/aromatic N) is 1. The van der Waals surface area contributed by atoms with Gasteiger partial charge in [0.05, 0.1) is 17.1 Å². The SMILES string of the molecule is O=[N+]([O-])c1cc(C(F)(F)F)ccc1OCCCCCCCl. The molecule has 8 heteroatoms. The molecule has 0 amide bonds. The van der Waals surface area contributed by atoms with E-state index >= 15 is 0 Å². The molecule has 21 heavy (non-hydrogen) atoms. The van der Waals surface area contributed by atoms with E-state index in [1.165, 1.54) is 0 Å². The Labute approximate surface area is 125 Å². The van der Waals surface area contributed by atoms with Crippen LogP contribution in [0.2, 0.25) is 0 Å². The van der Waals surface area contributed by atoms with E-state index in [1.54, 1.807) is 0 Å². The number of nitro groups is 1. The van der Waals surface area contributed by atoms with Crippen LogP contribution in [0.15, 0.2) is 18.2 Å². The van der Waals surface area contributed by atoms with E-state index in [-0.39, 0.29) is 12.4 Å². The average molecular weight is 326 g/mol. The Bertz CT molecular complexity index is 480. The van der Waals surface area contributed by atoms with Crippen LogP contribution < -0.4 is 4.74 Å². The number of halogens is 4. The van der Waals surface area contributed by atoms with Gasteiger partial charge in [-0.2, -0.15) is 13.2 Å². The predicted octanol–water partition coefficient (Wildman–Crippen LogP) is 4.79. The number of alkyl halides is 4. The molecule has 1 aromatic rings. The Morgan fingerprint density at radius 3 is 2.43 bits per heavy atom. The van der Waals surface area contributed by atoms with Crippen LogP contribution in [0.25, 0.3) is 0 Å². The number of ether oxygens (including phenoxy) is 1. The van der Waals surface area contributed by atoms with E-state index in [9.17, 15) is 23.3 Å². The Kier molecular flexibility index (Phi) is 6.74. The maximum Gasteiger partial charge on any atom is 0.416 e. The van der Waals surface area contributed by atoms with Crippen LogP contribution >= 0.6 is 11.6 Å². The molecule has 0 N–H and O–H groups in total.